The van der Waals surface area contributed by atoms with Crippen LogP contribution in [-0.4, -0.2) is 31.4 Å². The summed E-state index contributed by atoms with van der Waals surface area (Å²) in [5.41, 5.74) is 0. The molecule has 0 saturated carbocycles. The zero-order valence-corrected chi connectivity index (χ0v) is 11.3. The van der Waals surface area contributed by atoms with Gasteiger partial charge in [0.2, 0.25) is 0 Å². The fraction of sp³-hybridized carbons (Fsp3) is 0.545. The van der Waals surface area contributed by atoms with Gasteiger partial charge >= 0.3 is 0 Å². The van der Waals surface area contributed by atoms with Gasteiger partial charge in [-0.1, -0.05) is 6.07 Å². The summed E-state index contributed by atoms with van der Waals surface area (Å²) in [4.78, 5) is 1.38. The molecule has 0 spiro atoms. The summed E-state index contributed by atoms with van der Waals surface area (Å²) in [5, 5.41) is 9.13. The molecule has 0 fully saturated rings. The van der Waals surface area contributed by atoms with E-state index >= 15 is 0 Å². The molecule has 1 aromatic rings. The maximum atomic E-state index is 5.16. The molecule has 3 nitrogen and oxygen atoms in total. The fourth-order valence-corrected chi connectivity index (χ4v) is 2.33. The van der Waals surface area contributed by atoms with Crippen LogP contribution in [0.5, 0.6) is 0 Å². The number of hydrogen-bond donors (Lipinski definition) is 2. The maximum absolute atomic E-state index is 5.16. The van der Waals surface area contributed by atoms with Crippen molar-refractivity contribution in [3.05, 3.63) is 22.4 Å². The van der Waals surface area contributed by atoms with Gasteiger partial charge in [-0.25, -0.2) is 0 Å². The Balaban J connectivity index is 2.10. The third kappa shape index (κ3) is 5.44. The van der Waals surface area contributed by atoms with E-state index < -0.39 is 0 Å². The predicted octanol–water partition coefficient (Wildman–Crippen LogP) is 1.79. The highest BCUT2D eigenvalue weighted by molar-refractivity contribution is 7.80. The van der Waals surface area contributed by atoms with E-state index in [0.717, 1.165) is 13.0 Å². The van der Waals surface area contributed by atoms with E-state index in [1.165, 1.54) is 4.88 Å². The fourth-order valence-electron chi connectivity index (χ4n) is 1.32. The summed E-state index contributed by atoms with van der Waals surface area (Å²) in [6, 6.07) is 4.44. The van der Waals surface area contributed by atoms with Gasteiger partial charge < -0.3 is 15.4 Å². The Kier molecular flexibility index (Phi) is 6.37. The summed E-state index contributed by atoms with van der Waals surface area (Å²) < 4.78 is 5.02. The second-order valence-electron chi connectivity index (χ2n) is 3.59. The van der Waals surface area contributed by atoms with E-state index in [1.807, 2.05) is 6.92 Å². The maximum Gasteiger partial charge on any atom is 0.166 e. The van der Waals surface area contributed by atoms with Crippen LogP contribution in [0.1, 0.15) is 11.8 Å². The van der Waals surface area contributed by atoms with Crippen LogP contribution in [0.3, 0.4) is 0 Å². The molecule has 0 aliphatic carbocycles. The first kappa shape index (κ1) is 13.4. The number of hydrogen-bond acceptors (Lipinski definition) is 3. The minimum atomic E-state index is 0.242. The number of thiophene rings is 1. The molecule has 1 aromatic heterocycles. The van der Waals surface area contributed by atoms with Crippen molar-refractivity contribution in [3.63, 3.8) is 0 Å². The average molecular weight is 258 g/mol. The second-order valence-corrected chi connectivity index (χ2v) is 5.03. The SMILES string of the molecule is COCC(C)NC(=S)NCCc1cccs1. The molecule has 0 bridgehead atoms. The molecule has 0 amide bonds. The predicted molar refractivity (Wildman–Crippen MR) is 73.1 cm³/mol. The zero-order valence-electron chi connectivity index (χ0n) is 9.66. The topological polar surface area (TPSA) is 33.3 Å². The molecule has 0 aromatic carbocycles. The van der Waals surface area contributed by atoms with Crippen molar-refractivity contribution < 1.29 is 4.74 Å². The molecule has 90 valence electrons. The van der Waals surface area contributed by atoms with E-state index in [2.05, 4.69) is 28.1 Å². The number of nitrogens with one attached hydrogen (secondary N) is 2. The van der Waals surface area contributed by atoms with Crippen LogP contribution in [0.2, 0.25) is 0 Å². The van der Waals surface area contributed by atoms with Crippen LogP contribution in [0.4, 0.5) is 0 Å². The molecule has 0 saturated heterocycles. The summed E-state index contributed by atoms with van der Waals surface area (Å²) in [7, 11) is 1.69. The summed E-state index contributed by atoms with van der Waals surface area (Å²) in [6.45, 7) is 3.57. The highest BCUT2D eigenvalue weighted by Crippen LogP contribution is 2.07. The molecule has 0 aliphatic heterocycles. The largest absolute Gasteiger partial charge is 0.383 e. The quantitative estimate of drug-likeness (QED) is 0.762. The van der Waals surface area contributed by atoms with E-state index in [1.54, 1.807) is 18.4 Å². The third-order valence-electron chi connectivity index (χ3n) is 2.03. The van der Waals surface area contributed by atoms with E-state index in [0.29, 0.717) is 11.7 Å². The van der Waals surface area contributed by atoms with E-state index in [-0.39, 0.29) is 6.04 Å². The van der Waals surface area contributed by atoms with Crippen LogP contribution >= 0.6 is 23.6 Å². The van der Waals surface area contributed by atoms with Crippen molar-refractivity contribution in [3.8, 4) is 0 Å². The lowest BCUT2D eigenvalue weighted by molar-refractivity contribution is 0.179. The zero-order chi connectivity index (χ0) is 11.8. The highest BCUT2D eigenvalue weighted by Gasteiger charge is 2.02. The van der Waals surface area contributed by atoms with Gasteiger partial charge in [0.25, 0.3) is 0 Å². The van der Waals surface area contributed by atoms with Gasteiger partial charge in [0.05, 0.1) is 6.61 Å². The molecule has 0 radical (unpaired) electrons. The Labute approximate surface area is 106 Å². The molecule has 1 unspecified atom stereocenters. The second kappa shape index (κ2) is 7.60. The lowest BCUT2D eigenvalue weighted by Crippen LogP contribution is -2.42. The van der Waals surface area contributed by atoms with Crippen molar-refractivity contribution in [2.45, 2.75) is 19.4 Å². The molecular weight excluding hydrogens is 240 g/mol. The Bertz CT molecular complexity index is 301. The molecule has 16 heavy (non-hydrogen) atoms. The van der Waals surface area contributed by atoms with Crippen LogP contribution in [0.25, 0.3) is 0 Å². The minimum Gasteiger partial charge on any atom is -0.383 e. The standard InChI is InChI=1S/C11H18N2OS2/c1-9(8-14-2)13-11(15)12-6-5-10-4-3-7-16-10/h3-4,7,9H,5-6,8H2,1-2H3,(H2,12,13,15). The summed E-state index contributed by atoms with van der Waals surface area (Å²) in [5.74, 6) is 0. The van der Waals surface area contributed by atoms with Crippen LogP contribution in [0.15, 0.2) is 17.5 Å². The monoisotopic (exact) mass is 258 g/mol. The minimum absolute atomic E-state index is 0.242. The van der Waals surface area contributed by atoms with E-state index in [4.69, 9.17) is 17.0 Å². The Morgan fingerprint density at radius 3 is 3.06 bits per heavy atom. The average Bonchev–Trinajstić information content (AvgIpc) is 2.70. The van der Waals surface area contributed by atoms with Crippen molar-refractivity contribution in [1.82, 2.24) is 10.6 Å². The van der Waals surface area contributed by atoms with Gasteiger partial charge in [-0.3, -0.25) is 0 Å². The van der Waals surface area contributed by atoms with Gasteiger partial charge in [-0.05, 0) is 37.0 Å². The van der Waals surface area contributed by atoms with E-state index in [9.17, 15) is 0 Å². The van der Waals surface area contributed by atoms with Crippen molar-refractivity contribution in [2.75, 3.05) is 20.3 Å². The van der Waals surface area contributed by atoms with Crippen LogP contribution < -0.4 is 10.6 Å². The van der Waals surface area contributed by atoms with Crippen molar-refractivity contribution >= 4 is 28.7 Å². The molecular formula is C11H18N2OS2. The Morgan fingerprint density at radius 2 is 2.44 bits per heavy atom. The molecule has 1 atom stereocenters. The lowest BCUT2D eigenvalue weighted by Gasteiger charge is -2.15. The summed E-state index contributed by atoms with van der Waals surface area (Å²) in [6.07, 6.45) is 1.01. The number of ether oxygens (including phenoxy) is 1. The van der Waals surface area contributed by atoms with Crippen molar-refractivity contribution in [1.29, 1.82) is 0 Å². The van der Waals surface area contributed by atoms with Gasteiger partial charge in [0.1, 0.15) is 0 Å². The Hall–Kier alpha value is -0.650. The number of rotatable bonds is 6. The van der Waals surface area contributed by atoms with Gasteiger partial charge in [0, 0.05) is 24.6 Å². The first-order valence-electron chi connectivity index (χ1n) is 5.28. The van der Waals surface area contributed by atoms with Gasteiger partial charge in [0.15, 0.2) is 5.11 Å². The summed E-state index contributed by atoms with van der Waals surface area (Å²) >= 11 is 6.94. The molecule has 1 heterocycles. The smallest absolute Gasteiger partial charge is 0.166 e. The Morgan fingerprint density at radius 1 is 1.62 bits per heavy atom. The molecule has 5 heteroatoms. The molecule has 2 N–H and O–H groups in total. The third-order valence-corrected chi connectivity index (χ3v) is 3.23. The van der Waals surface area contributed by atoms with Gasteiger partial charge in [-0.2, -0.15) is 0 Å². The molecule has 1 rings (SSSR count). The number of thiocarbonyl (C=S) groups is 1. The first-order valence-corrected chi connectivity index (χ1v) is 6.57. The highest BCUT2D eigenvalue weighted by atomic mass is 32.1. The van der Waals surface area contributed by atoms with Gasteiger partial charge in [-0.15, -0.1) is 11.3 Å². The van der Waals surface area contributed by atoms with Crippen molar-refractivity contribution in [2.24, 2.45) is 0 Å². The lowest BCUT2D eigenvalue weighted by atomic mass is 10.3. The van der Waals surface area contributed by atoms with Crippen LogP contribution in [-0.2, 0) is 11.2 Å². The normalized spacial score (nSPS) is 12.1. The number of methoxy groups -OCH3 is 1. The first-order chi connectivity index (χ1) is 7.72. The molecule has 0 aliphatic rings. The van der Waals surface area contributed by atoms with Crippen LogP contribution in [0, 0.1) is 0 Å².